The first-order valence-electron chi connectivity index (χ1n) is 15.1. The van der Waals surface area contributed by atoms with Gasteiger partial charge in [0.25, 0.3) is 0 Å². The van der Waals surface area contributed by atoms with Gasteiger partial charge in [0.2, 0.25) is 0 Å². The third-order valence-electron chi connectivity index (χ3n) is 9.04. The predicted octanol–water partition coefficient (Wildman–Crippen LogP) is 10.2. The van der Waals surface area contributed by atoms with Crippen molar-refractivity contribution in [3.63, 3.8) is 0 Å². The van der Waals surface area contributed by atoms with Gasteiger partial charge >= 0.3 is 5.97 Å². The van der Waals surface area contributed by atoms with Crippen molar-refractivity contribution < 1.29 is 14.3 Å². The molecule has 0 radical (unpaired) electrons. The van der Waals surface area contributed by atoms with E-state index in [-0.39, 0.29) is 22.2 Å². The Morgan fingerprint density at radius 1 is 0.714 bits per heavy atom. The second kappa shape index (κ2) is 11.4. The molecule has 4 aromatic carbocycles. The molecule has 2 unspecified atom stereocenters. The summed E-state index contributed by atoms with van der Waals surface area (Å²) in [5.41, 5.74) is 6.37. The van der Waals surface area contributed by atoms with Crippen LogP contribution in [0, 0.1) is 18.3 Å². The van der Waals surface area contributed by atoms with Crippen LogP contribution in [0.15, 0.2) is 97.1 Å². The molecule has 4 aromatic rings. The average molecular weight is 561 g/mol. The van der Waals surface area contributed by atoms with Crippen LogP contribution in [0.3, 0.4) is 0 Å². The van der Waals surface area contributed by atoms with Crippen molar-refractivity contribution in [1.82, 2.24) is 0 Å². The highest BCUT2D eigenvalue weighted by Gasteiger charge is 2.45. The number of rotatable bonds is 7. The van der Waals surface area contributed by atoms with Gasteiger partial charge in [0.1, 0.15) is 17.2 Å². The molecular weight excluding hydrogens is 516 g/mol. The molecule has 3 nitrogen and oxygen atoms in total. The molecule has 0 heterocycles. The molecular formula is C39H44O3. The molecule has 42 heavy (non-hydrogen) atoms. The normalized spacial score (nSPS) is 20.1. The zero-order chi connectivity index (χ0) is 30.1. The highest BCUT2D eigenvalue weighted by Crippen LogP contribution is 2.53. The second-order valence-corrected chi connectivity index (χ2v) is 13.7. The van der Waals surface area contributed by atoms with Crippen molar-refractivity contribution in [2.24, 2.45) is 11.3 Å². The van der Waals surface area contributed by atoms with Crippen LogP contribution < -0.4 is 9.47 Å². The van der Waals surface area contributed by atoms with E-state index in [1.54, 1.807) is 0 Å². The summed E-state index contributed by atoms with van der Waals surface area (Å²) in [4.78, 5) is 11.5. The number of carbonyl (C=O) groups excluding carboxylic acids is 1. The maximum absolute atomic E-state index is 11.5. The molecule has 0 aliphatic heterocycles. The molecule has 2 atom stereocenters. The van der Waals surface area contributed by atoms with E-state index in [1.165, 1.54) is 41.2 Å². The minimum atomic E-state index is -0.301. The number of carbonyl (C=O) groups is 1. The minimum absolute atomic E-state index is 0.0937. The molecule has 0 saturated heterocycles. The SMILES string of the molecule is CC(=O)Oc1ccc(C2(c3ccc(Oc4ccc(C(C)(C)c5ccc(C)cc5)cc4)cc3)CC(C)CC(C)(C)C2)cc1. The fraction of sp³-hybridized carbons (Fsp3) is 0.359. The molecule has 0 spiro atoms. The zero-order valence-corrected chi connectivity index (χ0v) is 26.2. The molecule has 1 saturated carbocycles. The third kappa shape index (κ3) is 6.31. The van der Waals surface area contributed by atoms with Crippen molar-refractivity contribution in [3.8, 4) is 17.2 Å². The molecule has 218 valence electrons. The lowest BCUT2D eigenvalue weighted by Crippen LogP contribution is -2.41. The predicted molar refractivity (Wildman–Crippen MR) is 172 cm³/mol. The Hall–Kier alpha value is -3.85. The van der Waals surface area contributed by atoms with Gasteiger partial charge in [0.15, 0.2) is 0 Å². The molecule has 1 fully saturated rings. The van der Waals surface area contributed by atoms with Crippen LogP contribution in [0.25, 0.3) is 0 Å². The summed E-state index contributed by atoms with van der Waals surface area (Å²) in [7, 11) is 0. The number of benzene rings is 4. The average Bonchev–Trinajstić information content (AvgIpc) is 2.93. The van der Waals surface area contributed by atoms with E-state index in [9.17, 15) is 4.79 Å². The van der Waals surface area contributed by atoms with Crippen LogP contribution in [0.1, 0.15) is 88.6 Å². The molecule has 0 amide bonds. The standard InChI is InChI=1S/C39H44O3/c1-27-8-10-30(11-9-27)38(6,7)31-12-18-35(19-13-31)42-36-22-16-33(17-23-36)39(25-28(2)24-37(4,5)26-39)32-14-20-34(21-15-32)41-29(3)40/h8-23,28H,24-26H2,1-7H3. The van der Waals surface area contributed by atoms with E-state index in [1.807, 2.05) is 12.1 Å². The summed E-state index contributed by atoms with van der Waals surface area (Å²) in [6, 6.07) is 34.0. The molecule has 0 N–H and O–H groups in total. The summed E-state index contributed by atoms with van der Waals surface area (Å²) < 4.78 is 11.6. The lowest BCUT2D eigenvalue weighted by molar-refractivity contribution is -0.131. The first-order chi connectivity index (χ1) is 19.9. The lowest BCUT2D eigenvalue weighted by atomic mass is 9.55. The first-order valence-corrected chi connectivity index (χ1v) is 15.1. The van der Waals surface area contributed by atoms with E-state index in [2.05, 4.69) is 126 Å². The van der Waals surface area contributed by atoms with Gasteiger partial charge < -0.3 is 9.47 Å². The Morgan fingerprint density at radius 3 is 1.64 bits per heavy atom. The van der Waals surface area contributed by atoms with E-state index in [0.29, 0.717) is 11.7 Å². The topological polar surface area (TPSA) is 35.5 Å². The largest absolute Gasteiger partial charge is 0.457 e. The highest BCUT2D eigenvalue weighted by molar-refractivity contribution is 5.69. The molecule has 1 aliphatic carbocycles. The summed E-state index contributed by atoms with van der Waals surface area (Å²) in [6.45, 7) is 15.2. The molecule has 5 rings (SSSR count). The van der Waals surface area contributed by atoms with Crippen molar-refractivity contribution in [1.29, 1.82) is 0 Å². The van der Waals surface area contributed by atoms with Gasteiger partial charge in [-0.1, -0.05) is 101 Å². The van der Waals surface area contributed by atoms with Crippen molar-refractivity contribution in [2.75, 3.05) is 0 Å². The van der Waals surface area contributed by atoms with E-state index < -0.39 is 0 Å². The number of ether oxygens (including phenoxy) is 2. The van der Waals surface area contributed by atoms with E-state index in [4.69, 9.17) is 9.47 Å². The highest BCUT2D eigenvalue weighted by atomic mass is 16.5. The minimum Gasteiger partial charge on any atom is -0.457 e. The van der Waals surface area contributed by atoms with Gasteiger partial charge in [-0.15, -0.1) is 0 Å². The molecule has 0 bridgehead atoms. The quantitative estimate of drug-likeness (QED) is 0.167. The van der Waals surface area contributed by atoms with Crippen LogP contribution in [-0.4, -0.2) is 5.97 Å². The Morgan fingerprint density at radius 2 is 1.17 bits per heavy atom. The van der Waals surface area contributed by atoms with Crippen molar-refractivity contribution in [3.05, 3.63) is 125 Å². The smallest absolute Gasteiger partial charge is 0.308 e. The molecule has 3 heteroatoms. The van der Waals surface area contributed by atoms with Crippen LogP contribution in [0.5, 0.6) is 17.2 Å². The van der Waals surface area contributed by atoms with Gasteiger partial charge in [0.05, 0.1) is 0 Å². The Bertz CT molecular complexity index is 1510. The molecule has 1 aliphatic rings. The van der Waals surface area contributed by atoms with E-state index >= 15 is 0 Å². The Balaban J connectivity index is 1.39. The fourth-order valence-corrected chi connectivity index (χ4v) is 7.24. The monoisotopic (exact) mass is 560 g/mol. The van der Waals surface area contributed by atoms with Gasteiger partial charge in [-0.05, 0) is 96.2 Å². The number of aryl methyl sites for hydroxylation is 1. The van der Waals surface area contributed by atoms with Crippen molar-refractivity contribution >= 4 is 5.97 Å². The fourth-order valence-electron chi connectivity index (χ4n) is 7.24. The summed E-state index contributed by atoms with van der Waals surface area (Å²) in [5, 5.41) is 0. The number of hydrogen-bond donors (Lipinski definition) is 0. The van der Waals surface area contributed by atoms with Crippen LogP contribution >= 0.6 is 0 Å². The summed E-state index contributed by atoms with van der Waals surface area (Å²) in [5.74, 6) is 2.52. The maximum atomic E-state index is 11.5. The van der Waals surface area contributed by atoms with Gasteiger partial charge in [-0.3, -0.25) is 4.79 Å². The third-order valence-corrected chi connectivity index (χ3v) is 9.04. The van der Waals surface area contributed by atoms with Crippen LogP contribution in [0.4, 0.5) is 0 Å². The zero-order valence-electron chi connectivity index (χ0n) is 26.2. The van der Waals surface area contributed by atoms with Crippen molar-refractivity contribution in [2.45, 2.75) is 78.6 Å². The number of esters is 1. The van der Waals surface area contributed by atoms with Crippen LogP contribution in [0.2, 0.25) is 0 Å². The lowest BCUT2D eigenvalue weighted by Gasteiger charge is -2.48. The van der Waals surface area contributed by atoms with Crippen LogP contribution in [-0.2, 0) is 15.6 Å². The number of hydrogen-bond acceptors (Lipinski definition) is 3. The van der Waals surface area contributed by atoms with Gasteiger partial charge in [-0.25, -0.2) is 0 Å². The Labute approximate surface area is 251 Å². The second-order valence-electron chi connectivity index (χ2n) is 13.7. The summed E-state index contributed by atoms with van der Waals surface area (Å²) in [6.07, 6.45) is 3.33. The first kappa shape index (κ1) is 29.6. The molecule has 0 aromatic heterocycles. The maximum Gasteiger partial charge on any atom is 0.308 e. The van der Waals surface area contributed by atoms with E-state index in [0.717, 1.165) is 24.3 Å². The Kier molecular flexibility index (Phi) is 8.07. The summed E-state index contributed by atoms with van der Waals surface area (Å²) >= 11 is 0. The van der Waals surface area contributed by atoms with Gasteiger partial charge in [0, 0.05) is 17.8 Å². The van der Waals surface area contributed by atoms with Gasteiger partial charge in [-0.2, -0.15) is 0 Å².